The van der Waals surface area contributed by atoms with Crippen LogP contribution in [-0.4, -0.2) is 23.8 Å². The normalized spacial score (nSPS) is 13.3. The van der Waals surface area contributed by atoms with Crippen LogP contribution < -0.4 is 5.46 Å². The summed E-state index contributed by atoms with van der Waals surface area (Å²) in [6.07, 6.45) is 0. The van der Waals surface area contributed by atoms with Crippen molar-refractivity contribution in [3.63, 3.8) is 0 Å². The molecule has 4 aromatic carbocycles. The van der Waals surface area contributed by atoms with E-state index in [0.29, 0.717) is 0 Å². The van der Waals surface area contributed by atoms with Gasteiger partial charge in [0.15, 0.2) is 0 Å². The summed E-state index contributed by atoms with van der Waals surface area (Å²) < 4.78 is 12.5. The van der Waals surface area contributed by atoms with Gasteiger partial charge in [-0.05, 0) is 67.5 Å². The molecule has 1 heterocycles. The molecule has 157 valence electrons. The monoisotopic (exact) mass is 419 g/mol. The topological polar surface area (TPSA) is 42.6 Å². The largest absolute Gasteiger partial charge is 0.455 e. The zero-order chi connectivity index (χ0) is 22.3. The maximum absolute atomic E-state index is 10.5. The summed E-state index contributed by atoms with van der Waals surface area (Å²) in [5.41, 5.74) is 5.97. The van der Waals surface area contributed by atoms with Gasteiger partial charge in [-0.2, -0.15) is 0 Å². The second kappa shape index (κ2) is 6.47. The van der Waals surface area contributed by atoms with Crippen molar-refractivity contribution >= 4 is 45.7 Å². The molecule has 0 amide bonds. The van der Waals surface area contributed by atoms with Crippen molar-refractivity contribution in [3.8, 4) is 22.3 Å². The molecule has 0 bridgehead atoms. The number of hydrogen-bond donors (Lipinski definition) is 1. The first-order chi connectivity index (χ1) is 15.3. The van der Waals surface area contributed by atoms with Crippen LogP contribution in [0.15, 0.2) is 71.1 Å². The Hall–Kier alpha value is -3.08. The first kappa shape index (κ1) is 19.6. The third-order valence-corrected chi connectivity index (χ3v) is 7.11. The Bertz CT molecular complexity index is 1540. The van der Waals surface area contributed by atoms with Gasteiger partial charge in [-0.25, -0.2) is 0 Å². The van der Waals surface area contributed by atoms with Crippen molar-refractivity contribution < 1.29 is 14.2 Å². The third-order valence-electron chi connectivity index (χ3n) is 7.11. The van der Waals surface area contributed by atoms with E-state index in [4.69, 9.17) is 9.07 Å². The lowest BCUT2D eigenvalue weighted by Gasteiger charge is -2.37. The molecule has 0 aliphatic heterocycles. The maximum Gasteiger partial charge on any atom is 0.331 e. The molecular formula is C28H24BO3. The van der Waals surface area contributed by atoms with E-state index in [9.17, 15) is 5.11 Å². The summed E-state index contributed by atoms with van der Waals surface area (Å²) in [7, 11) is 1.75. The molecule has 1 aromatic heterocycles. The van der Waals surface area contributed by atoms with E-state index in [-0.39, 0.29) is 0 Å². The third kappa shape index (κ3) is 2.63. The van der Waals surface area contributed by atoms with Gasteiger partial charge in [0.2, 0.25) is 0 Å². The Morgan fingerprint density at radius 2 is 1.44 bits per heavy atom. The van der Waals surface area contributed by atoms with E-state index in [1.54, 1.807) is 21.3 Å². The van der Waals surface area contributed by atoms with E-state index in [1.165, 1.54) is 27.6 Å². The summed E-state index contributed by atoms with van der Waals surface area (Å²) in [5.74, 6) is 0. The predicted octanol–water partition coefficient (Wildman–Crippen LogP) is 6.20. The molecule has 6 rings (SSSR count). The maximum atomic E-state index is 10.5. The molecule has 1 N–H and O–H groups in total. The van der Waals surface area contributed by atoms with Gasteiger partial charge in [0.1, 0.15) is 11.2 Å². The van der Waals surface area contributed by atoms with Gasteiger partial charge >= 0.3 is 7.48 Å². The Kier molecular flexibility index (Phi) is 3.96. The molecular weight excluding hydrogens is 395 g/mol. The highest BCUT2D eigenvalue weighted by Crippen LogP contribution is 2.50. The van der Waals surface area contributed by atoms with Crippen LogP contribution in [0.4, 0.5) is 0 Å². The number of hydrogen-bond acceptors (Lipinski definition) is 3. The number of aliphatic hydroxyl groups is 1. The van der Waals surface area contributed by atoms with E-state index in [1.807, 2.05) is 32.0 Å². The van der Waals surface area contributed by atoms with Gasteiger partial charge in [0.25, 0.3) is 0 Å². The fourth-order valence-electron chi connectivity index (χ4n) is 4.63. The van der Waals surface area contributed by atoms with E-state index in [2.05, 4.69) is 48.5 Å². The molecule has 1 aliphatic carbocycles. The van der Waals surface area contributed by atoms with Crippen LogP contribution in [0.2, 0.25) is 0 Å². The first-order valence-corrected chi connectivity index (χ1v) is 11.0. The van der Waals surface area contributed by atoms with Crippen molar-refractivity contribution in [1.29, 1.82) is 0 Å². The van der Waals surface area contributed by atoms with Crippen LogP contribution in [0.5, 0.6) is 0 Å². The second-order valence-corrected chi connectivity index (χ2v) is 9.70. The molecule has 4 heteroatoms. The minimum Gasteiger partial charge on any atom is -0.455 e. The summed E-state index contributed by atoms with van der Waals surface area (Å²) in [4.78, 5) is 0. The highest BCUT2D eigenvalue weighted by molar-refractivity contribution is 6.53. The quantitative estimate of drug-likeness (QED) is 0.346. The average Bonchev–Trinajstić information content (AvgIpc) is 3.30. The Labute approximate surface area is 187 Å². The van der Waals surface area contributed by atoms with Crippen molar-refractivity contribution in [2.75, 3.05) is 0 Å². The lowest BCUT2D eigenvalue weighted by molar-refractivity contribution is -0.0893. The number of benzene rings is 4. The van der Waals surface area contributed by atoms with E-state index < -0.39 is 11.2 Å². The van der Waals surface area contributed by atoms with Crippen molar-refractivity contribution in [2.45, 2.75) is 38.9 Å². The van der Waals surface area contributed by atoms with E-state index in [0.717, 1.165) is 32.8 Å². The van der Waals surface area contributed by atoms with Crippen LogP contribution in [0.1, 0.15) is 27.7 Å². The summed E-state index contributed by atoms with van der Waals surface area (Å²) in [6, 6.07) is 23.3. The number of rotatable bonds is 4. The Morgan fingerprint density at radius 3 is 2.19 bits per heavy atom. The zero-order valence-corrected chi connectivity index (χ0v) is 18.7. The second-order valence-electron chi connectivity index (χ2n) is 9.70. The molecule has 0 saturated carbocycles. The summed E-state index contributed by atoms with van der Waals surface area (Å²) >= 11 is 0. The predicted molar refractivity (Wildman–Crippen MR) is 133 cm³/mol. The fourth-order valence-corrected chi connectivity index (χ4v) is 4.63. The molecule has 5 aromatic rings. The lowest BCUT2D eigenvalue weighted by Crippen LogP contribution is -2.49. The molecule has 0 unspecified atom stereocenters. The van der Waals surface area contributed by atoms with Crippen LogP contribution in [0.3, 0.4) is 0 Å². The van der Waals surface area contributed by atoms with Crippen LogP contribution >= 0.6 is 0 Å². The summed E-state index contributed by atoms with van der Waals surface area (Å²) in [6.45, 7) is 7.31. The molecule has 0 spiro atoms. The molecule has 0 saturated heterocycles. The zero-order valence-electron chi connectivity index (χ0n) is 18.7. The van der Waals surface area contributed by atoms with Gasteiger partial charge in [0, 0.05) is 21.5 Å². The lowest BCUT2D eigenvalue weighted by atomic mass is 9.80. The molecule has 0 atom stereocenters. The standard InChI is InChI=1S/C28H24BO3/c1-27(2,30)28(3,4)32-29-22-13-8-14-23-25(22)21-15-20-17-10-6-5-9-16(17)18-11-7-12-19(24(18)20)26(21)31-23/h5-15,30H,1-4H3. The van der Waals surface area contributed by atoms with Gasteiger partial charge in [0.05, 0.1) is 11.2 Å². The van der Waals surface area contributed by atoms with Gasteiger partial charge in [-0.15, -0.1) is 0 Å². The van der Waals surface area contributed by atoms with Crippen LogP contribution in [-0.2, 0) is 4.65 Å². The van der Waals surface area contributed by atoms with Crippen LogP contribution in [0.25, 0.3) is 55.0 Å². The molecule has 0 fully saturated rings. The first-order valence-electron chi connectivity index (χ1n) is 11.0. The smallest absolute Gasteiger partial charge is 0.331 e. The van der Waals surface area contributed by atoms with Crippen molar-refractivity contribution in [2.24, 2.45) is 0 Å². The fraction of sp³-hybridized carbons (Fsp3) is 0.214. The molecule has 32 heavy (non-hydrogen) atoms. The SMILES string of the molecule is CC(C)(O)C(C)(C)O[B]c1cccc2oc3c4cccc5c4c(cc3c12)-c1ccccc1-5. The number of fused-ring (bicyclic) bond motifs is 7. The summed E-state index contributed by atoms with van der Waals surface area (Å²) in [5, 5.41) is 15.0. The minimum atomic E-state index is -0.988. The highest BCUT2D eigenvalue weighted by atomic mass is 16.5. The van der Waals surface area contributed by atoms with E-state index >= 15 is 0 Å². The molecule has 3 nitrogen and oxygen atoms in total. The van der Waals surface area contributed by atoms with Gasteiger partial charge in [-0.3, -0.25) is 0 Å². The van der Waals surface area contributed by atoms with Crippen LogP contribution in [0, 0.1) is 0 Å². The van der Waals surface area contributed by atoms with Gasteiger partial charge in [-0.1, -0.05) is 54.6 Å². The van der Waals surface area contributed by atoms with Crippen molar-refractivity contribution in [3.05, 3.63) is 66.7 Å². The van der Waals surface area contributed by atoms with Crippen molar-refractivity contribution in [1.82, 2.24) is 0 Å². The highest BCUT2D eigenvalue weighted by Gasteiger charge is 2.36. The minimum absolute atomic E-state index is 0.747. The average molecular weight is 419 g/mol. The molecule has 1 radical (unpaired) electrons. The molecule has 1 aliphatic rings. The van der Waals surface area contributed by atoms with Gasteiger partial charge < -0.3 is 14.2 Å². The Morgan fingerprint density at radius 1 is 0.750 bits per heavy atom. The Balaban J connectivity index is 1.60. The number of furan rings is 1.